The van der Waals surface area contributed by atoms with Crippen LogP contribution in [0.5, 0.6) is 0 Å². The van der Waals surface area contributed by atoms with Crippen LogP contribution in [0.15, 0.2) is 29.5 Å². The second kappa shape index (κ2) is 12.1. The van der Waals surface area contributed by atoms with E-state index in [0.29, 0.717) is 0 Å². The molecule has 1 rings (SSSR count). The zero-order chi connectivity index (χ0) is 13.9. The van der Waals surface area contributed by atoms with Gasteiger partial charge in [-0.1, -0.05) is 26.7 Å². The molecular weight excluding hydrogens is 363 g/mol. The van der Waals surface area contributed by atoms with Crippen molar-refractivity contribution in [1.29, 1.82) is 0 Å². The summed E-state index contributed by atoms with van der Waals surface area (Å²) in [6.45, 7) is 7.39. The number of aliphatic imine (C=N–C) groups is 1. The Morgan fingerprint density at radius 2 is 1.75 bits per heavy atom. The first kappa shape index (κ1) is 19.3. The minimum absolute atomic E-state index is 0. The van der Waals surface area contributed by atoms with E-state index >= 15 is 0 Å². The fraction of sp³-hybridized carbons (Fsp3) is 0.667. The van der Waals surface area contributed by atoms with Gasteiger partial charge in [-0.3, -0.25) is 4.99 Å². The van der Waals surface area contributed by atoms with Crippen molar-refractivity contribution in [1.82, 2.24) is 15.2 Å². The standard InChI is InChI=1S/C15H28N4.HI/c1-14(2)8-4-5-9-17-15(16-3)18-10-13-19-11-6-7-12-19;/h6-7,11-12,14H,4-5,8-10,13H2,1-3H3,(H2,16,17,18);1H. The molecule has 2 N–H and O–H groups in total. The normalized spacial score (nSPS) is 11.3. The van der Waals surface area contributed by atoms with E-state index in [1.54, 1.807) is 0 Å². The minimum atomic E-state index is 0. The van der Waals surface area contributed by atoms with E-state index in [2.05, 4.69) is 46.4 Å². The van der Waals surface area contributed by atoms with Crippen molar-refractivity contribution >= 4 is 29.9 Å². The molecule has 0 saturated heterocycles. The van der Waals surface area contributed by atoms with Crippen molar-refractivity contribution in [2.45, 2.75) is 39.7 Å². The van der Waals surface area contributed by atoms with Crippen molar-refractivity contribution < 1.29 is 0 Å². The minimum Gasteiger partial charge on any atom is -0.356 e. The molecular formula is C15H29IN4. The lowest BCUT2D eigenvalue weighted by Gasteiger charge is -2.12. The molecule has 1 aromatic rings. The van der Waals surface area contributed by atoms with E-state index in [-0.39, 0.29) is 24.0 Å². The van der Waals surface area contributed by atoms with Gasteiger partial charge in [0.05, 0.1) is 0 Å². The summed E-state index contributed by atoms with van der Waals surface area (Å²) in [5, 5.41) is 6.68. The topological polar surface area (TPSA) is 41.4 Å². The zero-order valence-electron chi connectivity index (χ0n) is 12.9. The van der Waals surface area contributed by atoms with Gasteiger partial charge in [-0.2, -0.15) is 0 Å². The van der Waals surface area contributed by atoms with Crippen LogP contribution in [-0.2, 0) is 6.54 Å². The highest BCUT2D eigenvalue weighted by Crippen LogP contribution is 2.04. The Kier molecular flexibility index (Phi) is 11.6. The summed E-state index contributed by atoms with van der Waals surface area (Å²) >= 11 is 0. The maximum absolute atomic E-state index is 4.22. The lowest BCUT2D eigenvalue weighted by Crippen LogP contribution is -2.39. The highest BCUT2D eigenvalue weighted by atomic mass is 127. The smallest absolute Gasteiger partial charge is 0.191 e. The molecule has 0 aliphatic heterocycles. The van der Waals surface area contributed by atoms with Crippen LogP contribution in [-0.4, -0.2) is 30.7 Å². The van der Waals surface area contributed by atoms with Gasteiger partial charge in [0, 0.05) is 39.1 Å². The monoisotopic (exact) mass is 392 g/mol. The number of nitrogens with one attached hydrogen (secondary N) is 2. The number of guanidine groups is 1. The Labute approximate surface area is 140 Å². The van der Waals surface area contributed by atoms with E-state index in [4.69, 9.17) is 0 Å². The molecule has 116 valence electrons. The molecule has 0 radical (unpaired) electrons. The van der Waals surface area contributed by atoms with Crippen LogP contribution >= 0.6 is 24.0 Å². The molecule has 0 atom stereocenters. The number of rotatable bonds is 8. The van der Waals surface area contributed by atoms with E-state index in [1.807, 2.05) is 19.2 Å². The van der Waals surface area contributed by atoms with Gasteiger partial charge in [-0.05, 0) is 24.5 Å². The Morgan fingerprint density at radius 3 is 2.35 bits per heavy atom. The number of unbranched alkanes of at least 4 members (excludes halogenated alkanes) is 1. The highest BCUT2D eigenvalue weighted by molar-refractivity contribution is 14.0. The molecule has 1 heterocycles. The van der Waals surface area contributed by atoms with Crippen molar-refractivity contribution in [2.24, 2.45) is 10.9 Å². The predicted molar refractivity (Wildman–Crippen MR) is 97.9 cm³/mol. The zero-order valence-corrected chi connectivity index (χ0v) is 15.3. The van der Waals surface area contributed by atoms with E-state index in [1.165, 1.54) is 19.3 Å². The molecule has 0 aliphatic carbocycles. The largest absolute Gasteiger partial charge is 0.356 e. The summed E-state index contributed by atoms with van der Waals surface area (Å²) in [4.78, 5) is 4.22. The number of hydrogen-bond donors (Lipinski definition) is 2. The molecule has 1 aromatic heterocycles. The molecule has 20 heavy (non-hydrogen) atoms. The van der Waals surface area contributed by atoms with Crippen molar-refractivity contribution in [2.75, 3.05) is 20.1 Å². The number of hydrogen-bond acceptors (Lipinski definition) is 1. The summed E-state index contributed by atoms with van der Waals surface area (Å²) in [5.41, 5.74) is 0. The van der Waals surface area contributed by atoms with Crippen LogP contribution in [0.4, 0.5) is 0 Å². The average molecular weight is 392 g/mol. The summed E-state index contributed by atoms with van der Waals surface area (Å²) in [6, 6.07) is 4.09. The molecule has 0 unspecified atom stereocenters. The van der Waals surface area contributed by atoms with Crippen molar-refractivity contribution in [3.8, 4) is 0 Å². The van der Waals surface area contributed by atoms with Gasteiger partial charge in [0.15, 0.2) is 5.96 Å². The highest BCUT2D eigenvalue weighted by Gasteiger charge is 1.98. The lowest BCUT2D eigenvalue weighted by molar-refractivity contribution is 0.534. The third-order valence-electron chi connectivity index (χ3n) is 3.05. The number of halogens is 1. The number of aromatic nitrogens is 1. The molecule has 0 aromatic carbocycles. The van der Waals surface area contributed by atoms with Crippen LogP contribution in [0, 0.1) is 5.92 Å². The van der Waals surface area contributed by atoms with Gasteiger partial charge in [-0.25, -0.2) is 0 Å². The Bertz CT molecular complexity index is 347. The summed E-state index contributed by atoms with van der Waals surface area (Å²) in [6.07, 6.45) is 7.94. The second-order valence-corrected chi connectivity index (χ2v) is 5.24. The van der Waals surface area contributed by atoms with Gasteiger partial charge >= 0.3 is 0 Å². The molecule has 0 saturated carbocycles. The predicted octanol–water partition coefficient (Wildman–Crippen LogP) is 3.10. The Morgan fingerprint density at radius 1 is 1.10 bits per heavy atom. The first-order valence-electron chi connectivity index (χ1n) is 7.27. The fourth-order valence-corrected chi connectivity index (χ4v) is 1.93. The molecule has 0 aliphatic rings. The van der Waals surface area contributed by atoms with Crippen LogP contribution in [0.3, 0.4) is 0 Å². The maximum atomic E-state index is 4.22. The Balaban J connectivity index is 0.00000361. The van der Waals surface area contributed by atoms with Crippen LogP contribution in [0.25, 0.3) is 0 Å². The van der Waals surface area contributed by atoms with Crippen molar-refractivity contribution in [3.05, 3.63) is 24.5 Å². The van der Waals surface area contributed by atoms with Gasteiger partial charge in [0.2, 0.25) is 0 Å². The SMILES string of the molecule is CN=C(NCCCCC(C)C)NCCn1cccc1.I. The third kappa shape index (κ3) is 9.23. The first-order chi connectivity index (χ1) is 9.22. The van der Waals surface area contributed by atoms with Crippen molar-refractivity contribution in [3.63, 3.8) is 0 Å². The van der Waals surface area contributed by atoms with Gasteiger partial charge in [0.25, 0.3) is 0 Å². The first-order valence-corrected chi connectivity index (χ1v) is 7.27. The van der Waals surface area contributed by atoms with E-state index in [0.717, 1.165) is 31.5 Å². The molecule has 0 spiro atoms. The average Bonchev–Trinajstić information content (AvgIpc) is 2.89. The van der Waals surface area contributed by atoms with E-state index < -0.39 is 0 Å². The maximum Gasteiger partial charge on any atom is 0.191 e. The van der Waals surface area contributed by atoms with Crippen LogP contribution in [0.2, 0.25) is 0 Å². The van der Waals surface area contributed by atoms with E-state index in [9.17, 15) is 0 Å². The molecule has 0 bridgehead atoms. The van der Waals surface area contributed by atoms with Gasteiger partial charge in [-0.15, -0.1) is 24.0 Å². The van der Waals surface area contributed by atoms with Crippen LogP contribution < -0.4 is 10.6 Å². The number of nitrogens with zero attached hydrogens (tertiary/aromatic N) is 2. The Hall–Kier alpha value is -0.720. The fourth-order valence-electron chi connectivity index (χ4n) is 1.93. The van der Waals surface area contributed by atoms with Crippen LogP contribution in [0.1, 0.15) is 33.1 Å². The molecule has 5 heteroatoms. The summed E-state index contributed by atoms with van der Waals surface area (Å²) < 4.78 is 2.16. The quantitative estimate of drug-likeness (QED) is 0.309. The summed E-state index contributed by atoms with van der Waals surface area (Å²) in [7, 11) is 1.82. The molecule has 0 amide bonds. The van der Waals surface area contributed by atoms with Gasteiger partial charge in [0.1, 0.15) is 0 Å². The molecule has 4 nitrogen and oxygen atoms in total. The summed E-state index contributed by atoms with van der Waals surface area (Å²) in [5.74, 6) is 1.70. The third-order valence-corrected chi connectivity index (χ3v) is 3.05. The lowest BCUT2D eigenvalue weighted by atomic mass is 10.1. The molecule has 0 fully saturated rings. The van der Waals surface area contributed by atoms with Gasteiger partial charge < -0.3 is 15.2 Å². The second-order valence-electron chi connectivity index (χ2n) is 5.24.